The minimum atomic E-state index is 0. The molecule has 0 aromatic heterocycles. The van der Waals surface area contributed by atoms with Crippen molar-refractivity contribution in [3.63, 3.8) is 0 Å². The van der Waals surface area contributed by atoms with Crippen molar-refractivity contribution in [1.29, 1.82) is 0 Å². The molecule has 25 heavy (non-hydrogen) atoms. The standard InChI is InChI=1S/C21H29NO2.ClH/c1-4-10-19(18-11-8-7-9-12-18)22-16-17-13-14-20(23-5-2)21(15-17)24-6-3;/h7-9,11-15,19,22H,4-6,10,16H2,1-3H3;1H. The Morgan fingerprint density at radius 1 is 0.880 bits per heavy atom. The molecule has 3 nitrogen and oxygen atoms in total. The molecule has 1 atom stereocenters. The zero-order chi connectivity index (χ0) is 17.2. The third-order valence-corrected chi connectivity index (χ3v) is 3.94. The van der Waals surface area contributed by atoms with E-state index in [4.69, 9.17) is 9.47 Å². The van der Waals surface area contributed by atoms with E-state index >= 15 is 0 Å². The number of hydrogen-bond acceptors (Lipinski definition) is 3. The Balaban J connectivity index is 0.00000312. The highest BCUT2D eigenvalue weighted by Gasteiger charge is 2.11. The molecule has 1 unspecified atom stereocenters. The molecule has 0 saturated heterocycles. The molecule has 0 saturated carbocycles. The van der Waals surface area contributed by atoms with Crippen LogP contribution in [0, 0.1) is 0 Å². The maximum Gasteiger partial charge on any atom is 0.161 e. The molecule has 0 bridgehead atoms. The van der Waals surface area contributed by atoms with Crippen molar-refractivity contribution in [3.8, 4) is 11.5 Å². The summed E-state index contributed by atoms with van der Waals surface area (Å²) < 4.78 is 11.3. The molecule has 1 N–H and O–H groups in total. The van der Waals surface area contributed by atoms with Crippen LogP contribution >= 0.6 is 12.4 Å². The zero-order valence-corrected chi connectivity index (χ0v) is 16.3. The first kappa shape index (κ1) is 21.3. The Morgan fingerprint density at radius 3 is 2.20 bits per heavy atom. The first-order valence-electron chi connectivity index (χ1n) is 8.95. The Hall–Kier alpha value is -1.71. The lowest BCUT2D eigenvalue weighted by Gasteiger charge is -2.19. The van der Waals surface area contributed by atoms with Gasteiger partial charge in [-0.25, -0.2) is 0 Å². The van der Waals surface area contributed by atoms with E-state index in [2.05, 4.69) is 54.7 Å². The van der Waals surface area contributed by atoms with E-state index in [0.717, 1.165) is 30.9 Å². The fourth-order valence-electron chi connectivity index (χ4n) is 2.81. The second-order valence-electron chi connectivity index (χ2n) is 5.78. The summed E-state index contributed by atoms with van der Waals surface area (Å²) in [7, 11) is 0. The van der Waals surface area contributed by atoms with Gasteiger partial charge in [-0.15, -0.1) is 12.4 Å². The summed E-state index contributed by atoms with van der Waals surface area (Å²) in [5, 5.41) is 3.68. The SMILES string of the molecule is CCCC(NCc1ccc(OCC)c(OCC)c1)c1ccccc1.Cl. The van der Waals surface area contributed by atoms with Crippen LogP contribution in [0.1, 0.15) is 50.8 Å². The van der Waals surface area contributed by atoms with E-state index in [0.29, 0.717) is 19.3 Å². The Labute approximate surface area is 158 Å². The minimum Gasteiger partial charge on any atom is -0.490 e. The van der Waals surface area contributed by atoms with Crippen molar-refractivity contribution >= 4 is 12.4 Å². The number of benzene rings is 2. The average molecular weight is 364 g/mol. The summed E-state index contributed by atoms with van der Waals surface area (Å²) in [5.41, 5.74) is 2.55. The lowest BCUT2D eigenvalue weighted by molar-refractivity contribution is 0.287. The lowest BCUT2D eigenvalue weighted by Crippen LogP contribution is -2.20. The van der Waals surface area contributed by atoms with Gasteiger partial charge in [-0.1, -0.05) is 49.7 Å². The molecule has 0 heterocycles. The van der Waals surface area contributed by atoms with Gasteiger partial charge in [0.2, 0.25) is 0 Å². The van der Waals surface area contributed by atoms with Crippen molar-refractivity contribution in [2.45, 2.75) is 46.2 Å². The van der Waals surface area contributed by atoms with E-state index in [1.54, 1.807) is 0 Å². The Morgan fingerprint density at radius 2 is 1.56 bits per heavy atom. The monoisotopic (exact) mass is 363 g/mol. The van der Waals surface area contributed by atoms with Crippen LogP contribution in [0.3, 0.4) is 0 Å². The number of rotatable bonds is 10. The van der Waals surface area contributed by atoms with E-state index in [1.165, 1.54) is 11.1 Å². The molecule has 0 spiro atoms. The maximum atomic E-state index is 5.72. The molecule has 2 aromatic rings. The van der Waals surface area contributed by atoms with E-state index in [1.807, 2.05) is 19.9 Å². The summed E-state index contributed by atoms with van der Waals surface area (Å²) in [6.07, 6.45) is 2.28. The van der Waals surface area contributed by atoms with Crippen molar-refractivity contribution in [2.75, 3.05) is 13.2 Å². The molecule has 2 rings (SSSR count). The second kappa shape index (κ2) is 11.8. The van der Waals surface area contributed by atoms with Crippen LogP contribution in [0.2, 0.25) is 0 Å². The topological polar surface area (TPSA) is 30.5 Å². The van der Waals surface area contributed by atoms with Crippen LogP contribution in [0.15, 0.2) is 48.5 Å². The van der Waals surface area contributed by atoms with Gasteiger partial charge in [-0.05, 0) is 43.5 Å². The summed E-state index contributed by atoms with van der Waals surface area (Å²) in [4.78, 5) is 0. The first-order chi connectivity index (χ1) is 11.8. The van der Waals surface area contributed by atoms with Crippen molar-refractivity contribution in [3.05, 3.63) is 59.7 Å². The molecule has 0 radical (unpaired) electrons. The Bertz CT molecular complexity index is 604. The first-order valence-corrected chi connectivity index (χ1v) is 8.95. The molecule has 0 aliphatic heterocycles. The van der Waals surface area contributed by atoms with Crippen molar-refractivity contribution < 1.29 is 9.47 Å². The van der Waals surface area contributed by atoms with Crippen LogP contribution in [-0.2, 0) is 6.54 Å². The van der Waals surface area contributed by atoms with Crippen LogP contribution in [0.4, 0.5) is 0 Å². The lowest BCUT2D eigenvalue weighted by atomic mass is 10.0. The summed E-state index contributed by atoms with van der Waals surface area (Å²) in [6.45, 7) is 8.30. The summed E-state index contributed by atoms with van der Waals surface area (Å²) in [6, 6.07) is 17.2. The van der Waals surface area contributed by atoms with Crippen molar-refractivity contribution in [2.24, 2.45) is 0 Å². The number of ether oxygens (including phenoxy) is 2. The predicted molar refractivity (Wildman–Crippen MR) is 107 cm³/mol. The van der Waals surface area contributed by atoms with Gasteiger partial charge < -0.3 is 14.8 Å². The molecule has 0 aliphatic carbocycles. The average Bonchev–Trinajstić information content (AvgIpc) is 2.61. The van der Waals surface area contributed by atoms with Crippen LogP contribution < -0.4 is 14.8 Å². The van der Waals surface area contributed by atoms with Gasteiger partial charge in [-0.2, -0.15) is 0 Å². The smallest absolute Gasteiger partial charge is 0.161 e. The van der Waals surface area contributed by atoms with Crippen LogP contribution in [-0.4, -0.2) is 13.2 Å². The van der Waals surface area contributed by atoms with E-state index < -0.39 is 0 Å². The maximum absolute atomic E-state index is 5.72. The van der Waals surface area contributed by atoms with Crippen LogP contribution in [0.25, 0.3) is 0 Å². The van der Waals surface area contributed by atoms with Gasteiger partial charge in [0.15, 0.2) is 11.5 Å². The van der Waals surface area contributed by atoms with Gasteiger partial charge in [0.25, 0.3) is 0 Å². The third-order valence-electron chi connectivity index (χ3n) is 3.94. The van der Waals surface area contributed by atoms with Gasteiger partial charge in [0, 0.05) is 12.6 Å². The highest BCUT2D eigenvalue weighted by atomic mass is 35.5. The second-order valence-corrected chi connectivity index (χ2v) is 5.78. The molecular weight excluding hydrogens is 334 g/mol. The normalized spacial score (nSPS) is 11.5. The predicted octanol–water partition coefficient (Wildman–Crippen LogP) is 5.54. The molecule has 2 aromatic carbocycles. The zero-order valence-electron chi connectivity index (χ0n) is 15.5. The fraction of sp³-hybridized carbons (Fsp3) is 0.429. The summed E-state index contributed by atoms with van der Waals surface area (Å²) >= 11 is 0. The highest BCUT2D eigenvalue weighted by Crippen LogP contribution is 2.29. The van der Waals surface area contributed by atoms with Gasteiger partial charge >= 0.3 is 0 Å². The molecular formula is C21H30ClNO2. The quantitative estimate of drug-likeness (QED) is 0.601. The van der Waals surface area contributed by atoms with Gasteiger partial charge in [0.1, 0.15) is 0 Å². The molecule has 0 aliphatic rings. The molecule has 0 amide bonds. The van der Waals surface area contributed by atoms with Crippen molar-refractivity contribution in [1.82, 2.24) is 5.32 Å². The summed E-state index contributed by atoms with van der Waals surface area (Å²) in [5.74, 6) is 1.64. The minimum absolute atomic E-state index is 0. The Kier molecular flexibility index (Phi) is 10.0. The molecule has 4 heteroatoms. The van der Waals surface area contributed by atoms with Gasteiger partial charge in [0.05, 0.1) is 13.2 Å². The highest BCUT2D eigenvalue weighted by molar-refractivity contribution is 5.85. The van der Waals surface area contributed by atoms with E-state index in [9.17, 15) is 0 Å². The van der Waals surface area contributed by atoms with Gasteiger partial charge in [-0.3, -0.25) is 0 Å². The number of nitrogens with one attached hydrogen (secondary N) is 1. The van der Waals surface area contributed by atoms with Crippen LogP contribution in [0.5, 0.6) is 11.5 Å². The number of hydrogen-bond donors (Lipinski definition) is 1. The van der Waals surface area contributed by atoms with E-state index in [-0.39, 0.29) is 12.4 Å². The largest absolute Gasteiger partial charge is 0.490 e. The number of halogens is 1. The molecule has 138 valence electrons. The molecule has 0 fully saturated rings. The fourth-order valence-corrected chi connectivity index (χ4v) is 2.81. The third kappa shape index (κ3) is 6.60.